The lowest BCUT2D eigenvalue weighted by Gasteiger charge is -2.61. The van der Waals surface area contributed by atoms with Crippen molar-refractivity contribution in [2.24, 2.45) is 46.3 Å². The number of carbonyl (C=O) groups is 4. The zero-order chi connectivity index (χ0) is 30.5. The molecule has 0 bridgehead atoms. The number of hydrogen-bond acceptors (Lipinski definition) is 9. The van der Waals surface area contributed by atoms with Crippen LogP contribution in [0, 0.1) is 46.3 Å². The first kappa shape index (κ1) is 31.9. The summed E-state index contributed by atoms with van der Waals surface area (Å²) in [6.07, 6.45) is 4.13. The van der Waals surface area contributed by atoms with Crippen LogP contribution in [0.15, 0.2) is 0 Å². The highest BCUT2D eigenvalue weighted by Crippen LogP contribution is 2.67. The third kappa shape index (κ3) is 5.58. The van der Waals surface area contributed by atoms with Crippen molar-refractivity contribution >= 4 is 33.6 Å². The number of alkyl halides is 2. The summed E-state index contributed by atoms with van der Waals surface area (Å²) >= 11 is 0. The number of halogens is 2. The number of carbonyl (C=O) groups excluding carboxylic acids is 4. The molecular weight excluding hydrogens is 566 g/mol. The Morgan fingerprint density at radius 2 is 1.76 bits per heavy atom. The first-order chi connectivity index (χ1) is 18.9. The maximum absolute atomic E-state index is 13.9. The number of hydrogen-bond donors (Lipinski definition) is 2. The zero-order valence-corrected chi connectivity index (χ0v) is 24.5. The maximum Gasteiger partial charge on any atom is 0.465 e. The van der Waals surface area contributed by atoms with Crippen LogP contribution in [0.1, 0.15) is 78.6 Å². The topological polar surface area (TPSA) is 161 Å². The van der Waals surface area contributed by atoms with Crippen molar-refractivity contribution in [1.29, 1.82) is 0 Å². The molecule has 0 aromatic rings. The van der Waals surface area contributed by atoms with Gasteiger partial charge in [0.25, 0.3) is 0 Å². The van der Waals surface area contributed by atoms with E-state index in [1.807, 2.05) is 13.8 Å². The van der Waals surface area contributed by atoms with Crippen LogP contribution in [0.3, 0.4) is 0 Å². The summed E-state index contributed by atoms with van der Waals surface area (Å²) in [5, 5.41) is 6.19. The van der Waals surface area contributed by atoms with E-state index in [0.717, 1.165) is 19.3 Å². The number of ketones is 2. The van der Waals surface area contributed by atoms with Crippen molar-refractivity contribution in [1.82, 2.24) is 0 Å². The lowest BCUT2D eigenvalue weighted by atomic mass is 9.43. The van der Waals surface area contributed by atoms with E-state index >= 15 is 0 Å². The van der Waals surface area contributed by atoms with Gasteiger partial charge in [-0.25, -0.2) is 4.79 Å². The van der Waals surface area contributed by atoms with E-state index in [0.29, 0.717) is 32.1 Å². The van der Waals surface area contributed by atoms with Gasteiger partial charge in [0, 0.05) is 31.1 Å². The summed E-state index contributed by atoms with van der Waals surface area (Å²) in [5.41, 5.74) is -0.773. The number of rotatable bonds is 9. The predicted molar refractivity (Wildman–Crippen MR) is 139 cm³/mol. The quantitative estimate of drug-likeness (QED) is 0.226. The van der Waals surface area contributed by atoms with Gasteiger partial charge in [-0.1, -0.05) is 20.8 Å². The molecule has 232 valence electrons. The van der Waals surface area contributed by atoms with Gasteiger partial charge in [-0.2, -0.15) is 17.2 Å². The normalized spacial score (nSPS) is 37.9. The van der Waals surface area contributed by atoms with Gasteiger partial charge in [-0.3, -0.25) is 18.9 Å². The average Bonchev–Trinajstić information content (AvgIpc) is 3.24. The summed E-state index contributed by atoms with van der Waals surface area (Å²) in [6, 6.07) is 0. The molecule has 0 radical (unpaired) electrons. The molecule has 0 spiro atoms. The minimum Gasteiger partial charge on any atom is -0.462 e. The van der Waals surface area contributed by atoms with Gasteiger partial charge in [0.2, 0.25) is 0 Å². The van der Waals surface area contributed by atoms with Crippen LogP contribution in [0.2, 0.25) is 0 Å². The molecule has 9 atom stereocenters. The molecule has 10 nitrogen and oxygen atoms in total. The fourth-order valence-electron chi connectivity index (χ4n) is 8.77. The Labute approximate surface area is 238 Å². The molecular formula is C28H40F2O10S. The smallest absolute Gasteiger partial charge is 0.462 e. The van der Waals surface area contributed by atoms with Gasteiger partial charge in [-0.05, 0) is 73.0 Å². The van der Waals surface area contributed by atoms with Gasteiger partial charge in [0.05, 0.1) is 6.10 Å². The van der Waals surface area contributed by atoms with E-state index in [2.05, 4.69) is 11.7 Å². The van der Waals surface area contributed by atoms with Crippen molar-refractivity contribution in [3.63, 3.8) is 0 Å². The van der Waals surface area contributed by atoms with Gasteiger partial charge in [0.1, 0.15) is 24.8 Å². The fraction of sp³-hybridized carbons (Fsp3) is 0.857. The Kier molecular flexibility index (Phi) is 8.77. The summed E-state index contributed by atoms with van der Waals surface area (Å²) in [5.74, 6) is -2.58. The van der Waals surface area contributed by atoms with Crippen LogP contribution < -0.4 is 0 Å². The van der Waals surface area contributed by atoms with Crippen molar-refractivity contribution in [3.05, 3.63) is 0 Å². The summed E-state index contributed by atoms with van der Waals surface area (Å²) in [6.45, 7) is 4.79. The standard InChI is InChI=1S/C28H40F2O10S/c1-15(4-7-23(34)39-10-11-40-25(35)28(29,30)41(36,37)38)18-5-6-19-24-20(14-22(33)27(18,19)3)26(2)9-8-17(31)12-16(26)13-21(24)32/h15-16,18-21,24,32H,4-14H2,1-3H3,(H,36,37,38)/t15-,16+,18-,19+,20+,21?,24+,26+,27-/m1/s1. The average molecular weight is 607 g/mol. The minimum atomic E-state index is -5.98. The van der Waals surface area contributed by atoms with Crippen molar-refractivity contribution in [2.45, 2.75) is 89.9 Å². The zero-order valence-electron chi connectivity index (χ0n) is 23.6. The van der Waals surface area contributed by atoms with Crippen LogP contribution in [0.4, 0.5) is 8.78 Å². The molecule has 2 N–H and O–H groups in total. The van der Waals surface area contributed by atoms with Crippen LogP contribution in [-0.2, 0) is 38.8 Å². The number of aliphatic hydroxyl groups excluding tert-OH is 1. The van der Waals surface area contributed by atoms with Crippen molar-refractivity contribution < 1.29 is 55.5 Å². The second-order valence-electron chi connectivity index (χ2n) is 13.0. The molecule has 1 unspecified atom stereocenters. The number of fused-ring (bicyclic) bond motifs is 5. The highest BCUT2D eigenvalue weighted by atomic mass is 32.2. The summed E-state index contributed by atoms with van der Waals surface area (Å²) < 4.78 is 64.9. The van der Waals surface area contributed by atoms with E-state index in [1.165, 1.54) is 0 Å². The summed E-state index contributed by atoms with van der Waals surface area (Å²) in [4.78, 5) is 49.5. The predicted octanol–water partition coefficient (Wildman–Crippen LogP) is 3.35. The minimum absolute atomic E-state index is 0.00281. The first-order valence-corrected chi connectivity index (χ1v) is 15.8. The SMILES string of the molecule is C[C@H](CCC(=O)OCCOC(=O)C(F)(F)S(=O)(=O)O)[C@H]1CC[C@H]2[C@@H]3C(O)C[C@@H]4CC(=O)CC[C@]4(C)[C@H]3CC(=O)[C@]12C. The molecule has 0 amide bonds. The Hall–Kier alpha value is -1.99. The second kappa shape index (κ2) is 11.3. The molecule has 4 saturated carbocycles. The molecule has 4 aliphatic carbocycles. The van der Waals surface area contributed by atoms with Crippen molar-refractivity contribution in [3.8, 4) is 0 Å². The molecule has 0 heterocycles. The molecule has 0 aliphatic heterocycles. The van der Waals surface area contributed by atoms with Gasteiger partial charge < -0.3 is 14.6 Å². The molecule has 13 heteroatoms. The van der Waals surface area contributed by atoms with E-state index in [9.17, 15) is 41.5 Å². The van der Waals surface area contributed by atoms with Gasteiger partial charge >= 0.3 is 27.3 Å². The third-order valence-corrected chi connectivity index (χ3v) is 11.9. The molecule has 4 rings (SSSR count). The van der Waals surface area contributed by atoms with Crippen LogP contribution in [0.5, 0.6) is 0 Å². The third-order valence-electron chi connectivity index (χ3n) is 11.1. The second-order valence-corrected chi connectivity index (χ2v) is 14.5. The van der Waals surface area contributed by atoms with Gasteiger partial charge in [0.15, 0.2) is 0 Å². The maximum atomic E-state index is 13.9. The number of aliphatic hydroxyl groups is 1. The Morgan fingerprint density at radius 1 is 1.10 bits per heavy atom. The van der Waals surface area contributed by atoms with Crippen LogP contribution >= 0.6 is 0 Å². The van der Waals surface area contributed by atoms with E-state index in [1.54, 1.807) is 0 Å². The highest BCUT2D eigenvalue weighted by Gasteiger charge is 2.66. The molecule has 4 fully saturated rings. The fourth-order valence-corrected chi connectivity index (χ4v) is 9.04. The largest absolute Gasteiger partial charge is 0.465 e. The Bertz CT molecular complexity index is 1190. The molecule has 0 aromatic carbocycles. The molecule has 4 aliphatic rings. The van der Waals surface area contributed by atoms with E-state index in [4.69, 9.17) is 9.29 Å². The van der Waals surface area contributed by atoms with Gasteiger partial charge in [-0.15, -0.1) is 0 Å². The lowest BCUT2D eigenvalue weighted by Crippen LogP contribution is -2.61. The van der Waals surface area contributed by atoms with Crippen LogP contribution in [0.25, 0.3) is 0 Å². The number of ether oxygens (including phenoxy) is 2. The monoisotopic (exact) mass is 606 g/mol. The number of esters is 2. The first-order valence-electron chi connectivity index (χ1n) is 14.3. The van der Waals surface area contributed by atoms with E-state index < -0.39 is 52.0 Å². The molecule has 0 aromatic heterocycles. The molecule has 41 heavy (non-hydrogen) atoms. The van der Waals surface area contributed by atoms with E-state index in [-0.39, 0.29) is 58.9 Å². The van der Waals surface area contributed by atoms with Crippen molar-refractivity contribution in [2.75, 3.05) is 13.2 Å². The lowest BCUT2D eigenvalue weighted by molar-refractivity contribution is -0.177. The Balaban J connectivity index is 1.32. The Morgan fingerprint density at radius 3 is 2.41 bits per heavy atom. The highest BCUT2D eigenvalue weighted by molar-refractivity contribution is 7.87. The van der Waals surface area contributed by atoms with Crippen LogP contribution in [-0.4, -0.2) is 66.2 Å². The summed E-state index contributed by atoms with van der Waals surface area (Å²) in [7, 11) is -5.98. The number of Topliss-reactive ketones (excluding diaryl/α,β-unsaturated/α-hetero) is 2. The molecule has 0 saturated heterocycles.